The van der Waals surface area contributed by atoms with Crippen LogP contribution in [0.5, 0.6) is 0 Å². The van der Waals surface area contributed by atoms with Gasteiger partial charge in [0, 0.05) is 30.2 Å². The molecule has 0 fully saturated rings. The first-order valence-corrected chi connectivity index (χ1v) is 7.52. The second-order valence-corrected chi connectivity index (χ2v) is 5.99. The fourth-order valence-electron chi connectivity index (χ4n) is 1.82. The summed E-state index contributed by atoms with van der Waals surface area (Å²) in [5.74, 6) is 0.425. The number of benzene rings is 1. The zero-order valence-electron chi connectivity index (χ0n) is 13.6. The van der Waals surface area contributed by atoms with E-state index in [0.29, 0.717) is 11.4 Å². The molecule has 0 radical (unpaired) electrons. The fraction of sp³-hybridized carbons (Fsp3) is 0.353. The number of hydrogen-bond acceptors (Lipinski definition) is 5. The molecule has 1 amide bonds. The number of carbonyl (C=O) groups is 1. The maximum absolute atomic E-state index is 12.2. The van der Waals surface area contributed by atoms with Gasteiger partial charge in [0.25, 0.3) is 5.91 Å². The standard InChI is InChI=1S/C17H22N4O2/c1-12(2)17(3,23)11-20-16(22)13-5-4-6-14(9-13)21-15-10-18-7-8-19-15/h4-10,12,23H,11H2,1-3H3,(H,19,21)(H,20,22). The first kappa shape index (κ1) is 16.9. The van der Waals surface area contributed by atoms with Crippen LogP contribution in [0.2, 0.25) is 0 Å². The minimum absolute atomic E-state index is 0.0486. The van der Waals surface area contributed by atoms with E-state index >= 15 is 0 Å². The van der Waals surface area contributed by atoms with Crippen LogP contribution < -0.4 is 10.6 Å². The molecule has 6 heteroatoms. The Labute approximate surface area is 136 Å². The molecule has 0 aliphatic rings. The van der Waals surface area contributed by atoms with Gasteiger partial charge in [-0.25, -0.2) is 4.98 Å². The summed E-state index contributed by atoms with van der Waals surface area (Å²) in [4.78, 5) is 20.3. The smallest absolute Gasteiger partial charge is 0.251 e. The molecule has 2 rings (SSSR count). The van der Waals surface area contributed by atoms with E-state index in [-0.39, 0.29) is 18.4 Å². The Hall–Kier alpha value is -2.47. The SMILES string of the molecule is CC(C)C(C)(O)CNC(=O)c1cccc(Nc2cnccn2)c1. The number of hydrogen-bond donors (Lipinski definition) is 3. The van der Waals surface area contributed by atoms with E-state index in [1.165, 1.54) is 0 Å². The number of nitrogens with one attached hydrogen (secondary N) is 2. The molecule has 1 aromatic carbocycles. The third-order valence-electron chi connectivity index (χ3n) is 3.81. The van der Waals surface area contributed by atoms with Gasteiger partial charge in [-0.05, 0) is 31.0 Å². The molecule has 2 aromatic rings. The molecule has 0 saturated heterocycles. The van der Waals surface area contributed by atoms with Crippen molar-refractivity contribution >= 4 is 17.4 Å². The Morgan fingerprint density at radius 1 is 1.35 bits per heavy atom. The average Bonchev–Trinajstić information content (AvgIpc) is 2.54. The fourth-order valence-corrected chi connectivity index (χ4v) is 1.82. The summed E-state index contributed by atoms with van der Waals surface area (Å²) in [6.45, 7) is 5.74. The lowest BCUT2D eigenvalue weighted by atomic mass is 9.92. The van der Waals surface area contributed by atoms with Crippen LogP contribution in [0.3, 0.4) is 0 Å². The maximum Gasteiger partial charge on any atom is 0.251 e. The highest BCUT2D eigenvalue weighted by molar-refractivity contribution is 5.95. The molecule has 0 spiro atoms. The third kappa shape index (κ3) is 4.75. The van der Waals surface area contributed by atoms with Gasteiger partial charge in [-0.15, -0.1) is 0 Å². The molecule has 0 aliphatic heterocycles. The Morgan fingerprint density at radius 3 is 2.78 bits per heavy atom. The molecule has 0 aliphatic carbocycles. The molecule has 1 atom stereocenters. The van der Waals surface area contributed by atoms with Crippen molar-refractivity contribution in [1.82, 2.24) is 15.3 Å². The summed E-state index contributed by atoms with van der Waals surface area (Å²) in [5.41, 5.74) is 0.317. The Morgan fingerprint density at radius 2 is 2.13 bits per heavy atom. The molecular weight excluding hydrogens is 292 g/mol. The largest absolute Gasteiger partial charge is 0.388 e. The van der Waals surface area contributed by atoms with Crippen molar-refractivity contribution < 1.29 is 9.90 Å². The van der Waals surface area contributed by atoms with Crippen molar-refractivity contribution in [2.45, 2.75) is 26.4 Å². The van der Waals surface area contributed by atoms with E-state index in [4.69, 9.17) is 0 Å². The van der Waals surface area contributed by atoms with Crippen LogP contribution in [0.25, 0.3) is 0 Å². The first-order chi connectivity index (χ1) is 10.9. The second kappa shape index (κ2) is 7.19. The van der Waals surface area contributed by atoms with Crippen molar-refractivity contribution in [3.05, 3.63) is 48.4 Å². The van der Waals surface area contributed by atoms with Crippen LogP contribution in [0.1, 0.15) is 31.1 Å². The first-order valence-electron chi connectivity index (χ1n) is 7.52. The highest BCUT2D eigenvalue weighted by atomic mass is 16.3. The predicted octanol–water partition coefficient (Wildman–Crippen LogP) is 2.36. The lowest BCUT2D eigenvalue weighted by molar-refractivity contribution is 0.0142. The molecule has 3 N–H and O–H groups in total. The molecule has 6 nitrogen and oxygen atoms in total. The number of carbonyl (C=O) groups excluding carboxylic acids is 1. The van der Waals surface area contributed by atoms with E-state index in [9.17, 15) is 9.90 Å². The molecule has 1 heterocycles. The quantitative estimate of drug-likeness (QED) is 0.762. The normalized spacial score (nSPS) is 13.4. The minimum Gasteiger partial charge on any atom is -0.388 e. The van der Waals surface area contributed by atoms with E-state index in [1.807, 2.05) is 19.9 Å². The predicted molar refractivity (Wildman–Crippen MR) is 89.6 cm³/mol. The highest BCUT2D eigenvalue weighted by Crippen LogP contribution is 2.17. The number of amides is 1. The van der Waals surface area contributed by atoms with Gasteiger partial charge in [-0.1, -0.05) is 19.9 Å². The minimum atomic E-state index is -0.939. The number of nitrogens with zero attached hydrogens (tertiary/aromatic N) is 2. The zero-order chi connectivity index (χ0) is 16.9. The van der Waals surface area contributed by atoms with Gasteiger partial charge in [-0.3, -0.25) is 9.78 Å². The number of rotatable bonds is 6. The van der Waals surface area contributed by atoms with Crippen molar-refractivity contribution in [3.63, 3.8) is 0 Å². The van der Waals surface area contributed by atoms with E-state index in [1.54, 1.807) is 43.7 Å². The van der Waals surface area contributed by atoms with Gasteiger partial charge < -0.3 is 15.7 Å². The lowest BCUT2D eigenvalue weighted by Crippen LogP contribution is -2.44. The summed E-state index contributed by atoms with van der Waals surface area (Å²) in [7, 11) is 0. The highest BCUT2D eigenvalue weighted by Gasteiger charge is 2.25. The van der Waals surface area contributed by atoms with Crippen molar-refractivity contribution in [1.29, 1.82) is 0 Å². The molecule has 1 unspecified atom stereocenters. The maximum atomic E-state index is 12.2. The summed E-state index contributed by atoms with van der Waals surface area (Å²) < 4.78 is 0. The van der Waals surface area contributed by atoms with Gasteiger partial charge >= 0.3 is 0 Å². The number of aromatic nitrogens is 2. The lowest BCUT2D eigenvalue weighted by Gasteiger charge is -2.27. The van der Waals surface area contributed by atoms with Crippen LogP contribution in [-0.2, 0) is 0 Å². The number of anilines is 2. The van der Waals surface area contributed by atoms with E-state index in [0.717, 1.165) is 5.69 Å². The van der Waals surface area contributed by atoms with Crippen molar-refractivity contribution in [2.75, 3.05) is 11.9 Å². The molecule has 122 valence electrons. The van der Waals surface area contributed by atoms with E-state index < -0.39 is 5.60 Å². The summed E-state index contributed by atoms with van der Waals surface area (Å²) in [6, 6.07) is 7.08. The van der Waals surface area contributed by atoms with E-state index in [2.05, 4.69) is 20.6 Å². The zero-order valence-corrected chi connectivity index (χ0v) is 13.6. The third-order valence-corrected chi connectivity index (χ3v) is 3.81. The Bertz CT molecular complexity index is 657. The summed E-state index contributed by atoms with van der Waals surface area (Å²) >= 11 is 0. The summed E-state index contributed by atoms with van der Waals surface area (Å²) in [6.07, 6.45) is 4.79. The molecular formula is C17H22N4O2. The summed E-state index contributed by atoms with van der Waals surface area (Å²) in [5, 5.41) is 16.0. The van der Waals surface area contributed by atoms with Gasteiger partial charge in [0.15, 0.2) is 0 Å². The molecule has 23 heavy (non-hydrogen) atoms. The molecule has 0 saturated carbocycles. The van der Waals surface area contributed by atoms with Crippen LogP contribution in [-0.4, -0.2) is 33.1 Å². The van der Waals surface area contributed by atoms with Crippen LogP contribution in [0, 0.1) is 5.92 Å². The van der Waals surface area contributed by atoms with Crippen molar-refractivity contribution in [2.24, 2.45) is 5.92 Å². The molecule has 0 bridgehead atoms. The van der Waals surface area contributed by atoms with Crippen LogP contribution >= 0.6 is 0 Å². The average molecular weight is 314 g/mol. The Balaban J connectivity index is 2.03. The van der Waals surface area contributed by atoms with Crippen LogP contribution in [0.15, 0.2) is 42.9 Å². The van der Waals surface area contributed by atoms with Gasteiger partial charge in [-0.2, -0.15) is 0 Å². The van der Waals surface area contributed by atoms with Crippen molar-refractivity contribution in [3.8, 4) is 0 Å². The van der Waals surface area contributed by atoms with Gasteiger partial charge in [0.05, 0.1) is 11.8 Å². The monoisotopic (exact) mass is 314 g/mol. The second-order valence-electron chi connectivity index (χ2n) is 5.99. The topological polar surface area (TPSA) is 87.1 Å². The van der Waals surface area contributed by atoms with Gasteiger partial charge in [0.2, 0.25) is 0 Å². The Kier molecular flexibility index (Phi) is 5.28. The van der Waals surface area contributed by atoms with Gasteiger partial charge in [0.1, 0.15) is 5.82 Å². The molecule has 1 aromatic heterocycles. The van der Waals surface area contributed by atoms with Crippen LogP contribution in [0.4, 0.5) is 11.5 Å². The number of aliphatic hydroxyl groups is 1.